The van der Waals surface area contributed by atoms with Crippen LogP contribution in [0.3, 0.4) is 0 Å². The van der Waals surface area contributed by atoms with Crippen LogP contribution < -0.4 is 16.4 Å². The van der Waals surface area contributed by atoms with Crippen molar-refractivity contribution in [3.8, 4) is 0 Å². The second kappa shape index (κ2) is 12.3. The number of anilines is 2. The molecule has 3 amide bonds. The molecule has 12 heteroatoms. The first-order valence-electron chi connectivity index (χ1n) is 13.9. The first kappa shape index (κ1) is 28.5. The van der Waals surface area contributed by atoms with E-state index in [9.17, 15) is 9.59 Å². The lowest BCUT2D eigenvalue weighted by molar-refractivity contribution is -0.120. The highest BCUT2D eigenvalue weighted by atomic mass is 79.9. The van der Waals surface area contributed by atoms with Crippen molar-refractivity contribution in [3.05, 3.63) is 86.6 Å². The molecule has 0 radical (unpaired) electrons. The minimum absolute atomic E-state index is 0.0768. The first-order chi connectivity index (χ1) is 20.3. The second-order valence-corrected chi connectivity index (χ2v) is 12.3. The van der Waals surface area contributed by atoms with E-state index in [1.807, 2.05) is 59.5 Å². The lowest BCUT2D eigenvalue weighted by Gasteiger charge is -2.36. The molecule has 218 valence electrons. The summed E-state index contributed by atoms with van der Waals surface area (Å²) >= 11 is 7.02. The van der Waals surface area contributed by atoms with Crippen molar-refractivity contribution in [2.45, 2.75) is 37.8 Å². The van der Waals surface area contributed by atoms with Crippen LogP contribution in [-0.4, -0.2) is 57.7 Å². The molecule has 2 aliphatic rings. The van der Waals surface area contributed by atoms with Gasteiger partial charge in [0.15, 0.2) is 0 Å². The van der Waals surface area contributed by atoms with Crippen LogP contribution in [0.4, 0.5) is 21.0 Å². The summed E-state index contributed by atoms with van der Waals surface area (Å²) in [6.45, 7) is 1.72. The Morgan fingerprint density at radius 1 is 1.07 bits per heavy atom. The molecule has 2 aliphatic heterocycles. The number of nitrogens with zero attached hydrogens (tertiary/aromatic N) is 3. The predicted molar refractivity (Wildman–Crippen MR) is 169 cm³/mol. The molecule has 42 heavy (non-hydrogen) atoms. The number of benzene rings is 3. The van der Waals surface area contributed by atoms with Gasteiger partial charge in [0, 0.05) is 46.7 Å². The minimum atomic E-state index is -0.560. The van der Waals surface area contributed by atoms with Crippen molar-refractivity contribution in [2.24, 2.45) is 0 Å². The number of aromatic amines is 1. The molecule has 1 saturated heterocycles. The molecule has 1 aromatic heterocycles. The molecule has 6 rings (SSSR count). The van der Waals surface area contributed by atoms with E-state index in [0.717, 1.165) is 43.2 Å². The quantitative estimate of drug-likeness (QED) is 0.179. The summed E-state index contributed by atoms with van der Waals surface area (Å²) in [5, 5.41) is 7.73. The molecule has 4 aromatic rings. The van der Waals surface area contributed by atoms with Crippen LogP contribution in [0.1, 0.15) is 35.8 Å². The van der Waals surface area contributed by atoms with Crippen molar-refractivity contribution < 1.29 is 14.4 Å². The van der Waals surface area contributed by atoms with Crippen LogP contribution in [0.5, 0.6) is 0 Å². The molecule has 1 fully saturated rings. The number of hydroxylamine groups is 2. The number of nitrogen functional groups attached to an aromatic ring is 1. The molecule has 10 nitrogen and oxygen atoms in total. The predicted octanol–water partition coefficient (Wildman–Crippen LogP) is 6.15. The maximum absolute atomic E-state index is 13.2. The number of carbonyl (C=O) groups is 2. The van der Waals surface area contributed by atoms with Crippen LogP contribution in [0.15, 0.2) is 69.6 Å². The average Bonchev–Trinajstić information content (AvgIpc) is 3.34. The van der Waals surface area contributed by atoms with Gasteiger partial charge in [0.25, 0.3) is 0 Å². The fraction of sp³-hybridized carbons (Fsp3) is 0.300. The first-order valence-corrected chi connectivity index (χ1v) is 15.5. The Kier molecular flexibility index (Phi) is 8.36. The molecule has 0 spiro atoms. The van der Waals surface area contributed by atoms with Crippen LogP contribution in [0.2, 0.25) is 0 Å². The van der Waals surface area contributed by atoms with Crippen LogP contribution in [0, 0.1) is 0 Å². The van der Waals surface area contributed by atoms with E-state index in [1.54, 1.807) is 5.06 Å². The zero-order valence-corrected chi connectivity index (χ0v) is 25.9. The number of urea groups is 1. The summed E-state index contributed by atoms with van der Waals surface area (Å²) in [4.78, 5) is 41.8. The smallest absolute Gasteiger partial charge is 0.397 e. The van der Waals surface area contributed by atoms with E-state index in [2.05, 4.69) is 53.5 Å². The number of imidazole rings is 1. The number of amides is 3. The number of piperidine rings is 1. The molecular weight excluding hydrogens is 666 g/mol. The average molecular weight is 697 g/mol. The number of carbonyl (C=O) groups excluding carboxylic acids is 2. The van der Waals surface area contributed by atoms with Gasteiger partial charge in [-0.05, 0) is 92.6 Å². The van der Waals surface area contributed by atoms with Crippen LogP contribution in [0.25, 0.3) is 11.0 Å². The van der Waals surface area contributed by atoms with Gasteiger partial charge in [0.2, 0.25) is 0 Å². The monoisotopic (exact) mass is 695 g/mol. The number of nitrogens with two attached hydrogens (primary N) is 1. The third-order valence-corrected chi connectivity index (χ3v) is 9.14. The SMILES string of the molecule is Nc1c(Br)cc(C[C@@H](NC(=O)ON2CCC(N3CCc4ccccc4NC3=O)CC2)c2nc3ccccc3[nH]2)cc1Br. The number of aromatic nitrogens is 2. The van der Waals surface area contributed by atoms with Gasteiger partial charge >= 0.3 is 12.1 Å². The largest absolute Gasteiger partial charge is 0.426 e. The van der Waals surface area contributed by atoms with Gasteiger partial charge in [-0.25, -0.2) is 14.6 Å². The number of halogens is 2. The van der Waals surface area contributed by atoms with E-state index in [1.165, 1.54) is 0 Å². The third-order valence-electron chi connectivity index (χ3n) is 7.83. The van der Waals surface area contributed by atoms with E-state index in [-0.39, 0.29) is 12.1 Å². The summed E-state index contributed by atoms with van der Waals surface area (Å²) in [6.07, 6.45) is 2.12. The normalized spacial score (nSPS) is 16.9. The minimum Gasteiger partial charge on any atom is -0.397 e. The van der Waals surface area contributed by atoms with Crippen LogP contribution >= 0.6 is 31.9 Å². The Hall–Kier alpha value is -3.61. The number of H-pyrrole nitrogens is 1. The van der Waals surface area contributed by atoms with E-state index >= 15 is 0 Å². The molecule has 1 atom stereocenters. The lowest BCUT2D eigenvalue weighted by atomic mass is 10.0. The number of hydrogen-bond donors (Lipinski definition) is 4. The Bertz CT molecular complexity index is 1560. The molecule has 0 bridgehead atoms. The Morgan fingerprint density at radius 2 is 1.79 bits per heavy atom. The second-order valence-electron chi connectivity index (χ2n) is 10.6. The molecule has 0 aliphatic carbocycles. The topological polar surface area (TPSA) is 129 Å². The highest BCUT2D eigenvalue weighted by Crippen LogP contribution is 2.32. The fourth-order valence-electron chi connectivity index (χ4n) is 5.61. The summed E-state index contributed by atoms with van der Waals surface area (Å²) in [5.41, 5.74) is 11.4. The van der Waals surface area contributed by atoms with Crippen LogP contribution in [-0.2, 0) is 17.7 Å². The van der Waals surface area contributed by atoms with E-state index < -0.39 is 12.1 Å². The highest BCUT2D eigenvalue weighted by molar-refractivity contribution is 9.11. The summed E-state index contributed by atoms with van der Waals surface area (Å²) < 4.78 is 1.53. The fourth-order valence-corrected chi connectivity index (χ4v) is 6.89. The standard InChI is InChI=1S/C30H31Br2N7O3/c31-21-15-18(16-22(32)27(21)33)17-26(28-34-24-7-3-4-8-25(24)35-28)37-30(41)42-38-12-10-20(11-13-38)39-14-9-19-5-1-2-6-23(19)36-29(39)40/h1-8,15-16,20,26H,9-14,17,33H2,(H,34,35)(H,36,40)(H,37,41)/t26-/m1/s1. The van der Waals surface area contributed by atoms with Gasteiger partial charge in [-0.15, -0.1) is 5.06 Å². The molecule has 0 saturated carbocycles. The number of rotatable bonds is 6. The van der Waals surface area contributed by atoms with Crippen molar-refractivity contribution in [3.63, 3.8) is 0 Å². The summed E-state index contributed by atoms with van der Waals surface area (Å²) in [6, 6.07) is 19.0. The van der Waals surface area contributed by atoms with Crippen molar-refractivity contribution in [2.75, 3.05) is 30.7 Å². The van der Waals surface area contributed by atoms with Gasteiger partial charge < -0.3 is 31.1 Å². The van der Waals surface area contributed by atoms with Crippen molar-refractivity contribution in [1.82, 2.24) is 25.2 Å². The summed E-state index contributed by atoms with van der Waals surface area (Å²) in [5.74, 6) is 0.629. The zero-order chi connectivity index (χ0) is 29.2. The number of para-hydroxylation sites is 3. The maximum Gasteiger partial charge on any atom is 0.426 e. The van der Waals surface area contributed by atoms with Gasteiger partial charge in [0.05, 0.1) is 22.8 Å². The van der Waals surface area contributed by atoms with Gasteiger partial charge in [-0.1, -0.05) is 30.3 Å². The van der Waals surface area contributed by atoms with Crippen molar-refractivity contribution >= 4 is 66.4 Å². The number of fused-ring (bicyclic) bond motifs is 2. The molecule has 3 heterocycles. The highest BCUT2D eigenvalue weighted by Gasteiger charge is 2.31. The van der Waals surface area contributed by atoms with E-state index in [0.29, 0.717) is 50.4 Å². The lowest BCUT2D eigenvalue weighted by Crippen LogP contribution is -2.49. The molecule has 3 aromatic carbocycles. The van der Waals surface area contributed by atoms with Gasteiger partial charge in [-0.3, -0.25) is 0 Å². The molecule has 0 unspecified atom stereocenters. The molecular formula is C30H31Br2N7O3. The Morgan fingerprint density at radius 3 is 2.55 bits per heavy atom. The Balaban J connectivity index is 1.10. The molecule has 5 N–H and O–H groups in total. The summed E-state index contributed by atoms with van der Waals surface area (Å²) in [7, 11) is 0. The number of nitrogens with one attached hydrogen (secondary N) is 3. The number of hydrogen-bond acceptors (Lipinski definition) is 6. The third kappa shape index (κ3) is 6.25. The van der Waals surface area contributed by atoms with Gasteiger partial charge in [0.1, 0.15) is 5.82 Å². The van der Waals surface area contributed by atoms with E-state index in [4.69, 9.17) is 15.6 Å². The van der Waals surface area contributed by atoms with Crippen molar-refractivity contribution in [1.29, 1.82) is 0 Å². The zero-order valence-electron chi connectivity index (χ0n) is 22.8. The Labute approximate surface area is 260 Å². The van der Waals surface area contributed by atoms with Gasteiger partial charge in [-0.2, -0.15) is 0 Å². The maximum atomic E-state index is 13.2.